The van der Waals surface area contributed by atoms with Gasteiger partial charge in [0.15, 0.2) is 0 Å². The molecule has 1 aromatic rings. The maximum absolute atomic E-state index is 6.11. The van der Waals surface area contributed by atoms with Crippen LogP contribution in [0.2, 0.25) is 0 Å². The number of nitrogens with zero attached hydrogens (tertiary/aromatic N) is 1. The number of hydrogen-bond acceptors (Lipinski definition) is 2. The zero-order chi connectivity index (χ0) is 12.0. The topological polar surface area (TPSA) is 29.3 Å². The third kappa shape index (κ3) is 2.77. The second kappa shape index (κ2) is 6.19. The molecule has 0 saturated heterocycles. The summed E-state index contributed by atoms with van der Waals surface area (Å²) in [4.78, 5) is 2.17. The Bertz CT molecular complexity index is 365. The van der Waals surface area contributed by atoms with Gasteiger partial charge in [-0.05, 0) is 25.0 Å². The van der Waals surface area contributed by atoms with Crippen LogP contribution in [0.5, 0.6) is 0 Å². The predicted molar refractivity (Wildman–Crippen MR) is 70.4 cm³/mol. The SMILES string of the molecule is C#CCN(CC)c1ccccc1[C@H](N)CC. The number of terminal acetylenes is 1. The minimum Gasteiger partial charge on any atom is -0.360 e. The Hall–Kier alpha value is -1.46. The van der Waals surface area contributed by atoms with Crippen molar-refractivity contribution in [3.63, 3.8) is 0 Å². The van der Waals surface area contributed by atoms with E-state index in [0.29, 0.717) is 6.54 Å². The van der Waals surface area contributed by atoms with Crippen LogP contribution in [0.25, 0.3) is 0 Å². The standard InChI is InChI=1S/C14H20N2/c1-4-11-16(6-3)14-10-8-7-9-12(14)13(15)5-2/h1,7-10,13H,5-6,11,15H2,2-3H3/t13-/m1/s1. The molecule has 0 amide bonds. The normalized spacial score (nSPS) is 11.9. The Kier molecular flexibility index (Phi) is 4.88. The molecule has 0 fully saturated rings. The summed E-state index contributed by atoms with van der Waals surface area (Å²) in [5.41, 5.74) is 8.45. The Balaban J connectivity index is 3.06. The fourth-order valence-corrected chi connectivity index (χ4v) is 1.79. The quantitative estimate of drug-likeness (QED) is 0.766. The van der Waals surface area contributed by atoms with Crippen molar-refractivity contribution in [1.29, 1.82) is 0 Å². The molecule has 2 N–H and O–H groups in total. The summed E-state index contributed by atoms with van der Waals surface area (Å²) in [5, 5.41) is 0. The van der Waals surface area contributed by atoms with Gasteiger partial charge in [-0.1, -0.05) is 31.0 Å². The van der Waals surface area contributed by atoms with Crippen molar-refractivity contribution >= 4 is 5.69 Å². The largest absolute Gasteiger partial charge is 0.360 e. The molecule has 0 bridgehead atoms. The molecular formula is C14H20N2. The molecular weight excluding hydrogens is 196 g/mol. The summed E-state index contributed by atoms with van der Waals surface area (Å²) >= 11 is 0. The zero-order valence-corrected chi connectivity index (χ0v) is 10.1. The van der Waals surface area contributed by atoms with Crippen LogP contribution in [0, 0.1) is 12.3 Å². The van der Waals surface area contributed by atoms with Crippen LogP contribution in [-0.2, 0) is 0 Å². The van der Waals surface area contributed by atoms with Crippen LogP contribution in [0.15, 0.2) is 24.3 Å². The summed E-state index contributed by atoms with van der Waals surface area (Å²) in [6, 6.07) is 8.32. The smallest absolute Gasteiger partial charge is 0.0791 e. The van der Waals surface area contributed by atoms with Crippen molar-refractivity contribution in [3.05, 3.63) is 29.8 Å². The first-order chi connectivity index (χ1) is 7.74. The van der Waals surface area contributed by atoms with Gasteiger partial charge in [0.25, 0.3) is 0 Å². The Morgan fingerprint density at radius 1 is 1.38 bits per heavy atom. The molecule has 16 heavy (non-hydrogen) atoms. The van der Waals surface area contributed by atoms with E-state index in [4.69, 9.17) is 12.2 Å². The van der Waals surface area contributed by atoms with Gasteiger partial charge < -0.3 is 10.6 Å². The molecule has 2 nitrogen and oxygen atoms in total. The van der Waals surface area contributed by atoms with Crippen LogP contribution in [0.3, 0.4) is 0 Å². The number of para-hydroxylation sites is 1. The molecule has 0 aliphatic carbocycles. The molecule has 0 radical (unpaired) electrons. The minimum atomic E-state index is 0.0861. The highest BCUT2D eigenvalue weighted by molar-refractivity contribution is 5.55. The molecule has 0 spiro atoms. The van der Waals surface area contributed by atoms with Crippen LogP contribution < -0.4 is 10.6 Å². The lowest BCUT2D eigenvalue weighted by Gasteiger charge is -2.25. The summed E-state index contributed by atoms with van der Waals surface area (Å²) in [6.07, 6.45) is 6.31. The molecule has 0 aliphatic heterocycles. The monoisotopic (exact) mass is 216 g/mol. The second-order valence-corrected chi connectivity index (χ2v) is 3.79. The fourth-order valence-electron chi connectivity index (χ4n) is 1.79. The highest BCUT2D eigenvalue weighted by Crippen LogP contribution is 2.26. The summed E-state index contributed by atoms with van der Waals surface area (Å²) in [6.45, 7) is 5.73. The van der Waals surface area contributed by atoms with Crippen molar-refractivity contribution in [2.75, 3.05) is 18.0 Å². The first-order valence-corrected chi connectivity index (χ1v) is 5.77. The number of benzene rings is 1. The van der Waals surface area contributed by atoms with E-state index in [9.17, 15) is 0 Å². The van der Waals surface area contributed by atoms with Gasteiger partial charge in [0.1, 0.15) is 0 Å². The van der Waals surface area contributed by atoms with Gasteiger partial charge in [0.05, 0.1) is 6.54 Å². The van der Waals surface area contributed by atoms with E-state index < -0.39 is 0 Å². The van der Waals surface area contributed by atoms with Crippen LogP contribution in [0.4, 0.5) is 5.69 Å². The van der Waals surface area contributed by atoms with Gasteiger partial charge in [-0.15, -0.1) is 6.42 Å². The summed E-state index contributed by atoms with van der Waals surface area (Å²) < 4.78 is 0. The molecule has 0 aliphatic rings. The predicted octanol–water partition coefficient (Wildman–Crippen LogP) is 2.56. The van der Waals surface area contributed by atoms with E-state index in [-0.39, 0.29) is 6.04 Å². The van der Waals surface area contributed by atoms with Gasteiger partial charge in [-0.2, -0.15) is 0 Å². The first-order valence-electron chi connectivity index (χ1n) is 5.77. The van der Waals surface area contributed by atoms with E-state index in [0.717, 1.165) is 18.7 Å². The minimum absolute atomic E-state index is 0.0861. The third-order valence-corrected chi connectivity index (χ3v) is 2.78. The van der Waals surface area contributed by atoms with Gasteiger partial charge in [-0.3, -0.25) is 0 Å². The second-order valence-electron chi connectivity index (χ2n) is 3.79. The van der Waals surface area contributed by atoms with Gasteiger partial charge in [-0.25, -0.2) is 0 Å². The van der Waals surface area contributed by atoms with E-state index in [1.54, 1.807) is 0 Å². The van der Waals surface area contributed by atoms with Gasteiger partial charge in [0, 0.05) is 18.3 Å². The van der Waals surface area contributed by atoms with E-state index in [1.165, 1.54) is 5.56 Å². The molecule has 0 saturated carbocycles. The molecule has 86 valence electrons. The molecule has 1 atom stereocenters. The lowest BCUT2D eigenvalue weighted by molar-refractivity contribution is 0.694. The number of hydrogen-bond donors (Lipinski definition) is 1. The Morgan fingerprint density at radius 2 is 2.06 bits per heavy atom. The fraction of sp³-hybridized carbons (Fsp3) is 0.429. The highest BCUT2D eigenvalue weighted by atomic mass is 15.1. The molecule has 1 rings (SSSR count). The van der Waals surface area contributed by atoms with Crippen LogP contribution >= 0.6 is 0 Å². The summed E-state index contributed by atoms with van der Waals surface area (Å²) in [5.74, 6) is 2.69. The maximum atomic E-state index is 6.11. The van der Waals surface area contributed by atoms with Gasteiger partial charge >= 0.3 is 0 Å². The molecule has 0 aromatic heterocycles. The Morgan fingerprint density at radius 3 is 2.62 bits per heavy atom. The van der Waals surface area contributed by atoms with E-state index >= 15 is 0 Å². The van der Waals surface area contributed by atoms with Crippen LogP contribution in [-0.4, -0.2) is 13.1 Å². The van der Waals surface area contributed by atoms with Crippen molar-refractivity contribution in [3.8, 4) is 12.3 Å². The average molecular weight is 216 g/mol. The number of anilines is 1. The van der Waals surface area contributed by atoms with E-state index in [1.807, 2.05) is 12.1 Å². The zero-order valence-electron chi connectivity index (χ0n) is 10.1. The average Bonchev–Trinajstić information content (AvgIpc) is 2.35. The molecule has 1 aromatic carbocycles. The third-order valence-electron chi connectivity index (χ3n) is 2.78. The lowest BCUT2D eigenvalue weighted by Crippen LogP contribution is -2.25. The highest BCUT2D eigenvalue weighted by Gasteiger charge is 2.12. The number of nitrogens with two attached hydrogens (primary N) is 1. The summed E-state index contributed by atoms with van der Waals surface area (Å²) in [7, 11) is 0. The van der Waals surface area contributed by atoms with Crippen molar-refractivity contribution in [1.82, 2.24) is 0 Å². The van der Waals surface area contributed by atoms with Crippen molar-refractivity contribution in [2.24, 2.45) is 5.73 Å². The molecule has 0 unspecified atom stereocenters. The molecule has 2 heteroatoms. The van der Waals surface area contributed by atoms with Crippen molar-refractivity contribution in [2.45, 2.75) is 26.3 Å². The molecule has 0 heterocycles. The maximum Gasteiger partial charge on any atom is 0.0791 e. The van der Waals surface area contributed by atoms with Crippen LogP contribution in [0.1, 0.15) is 31.9 Å². The van der Waals surface area contributed by atoms with E-state index in [2.05, 4.69) is 36.8 Å². The lowest BCUT2D eigenvalue weighted by atomic mass is 10.0. The van der Waals surface area contributed by atoms with Crippen molar-refractivity contribution < 1.29 is 0 Å². The van der Waals surface area contributed by atoms with Gasteiger partial charge in [0.2, 0.25) is 0 Å². The number of rotatable bonds is 5. The Labute approximate surface area is 98.4 Å². The first kappa shape index (κ1) is 12.6.